The first-order valence-corrected chi connectivity index (χ1v) is 10.0. The molecule has 0 saturated carbocycles. The number of anilines is 1. The van der Waals surface area contributed by atoms with Crippen LogP contribution in [0.3, 0.4) is 0 Å². The second kappa shape index (κ2) is 10.0. The van der Waals surface area contributed by atoms with Crippen molar-refractivity contribution in [2.75, 3.05) is 31.5 Å². The van der Waals surface area contributed by atoms with Crippen LogP contribution in [0.4, 0.5) is 5.69 Å². The fourth-order valence-electron chi connectivity index (χ4n) is 3.67. The van der Waals surface area contributed by atoms with Crippen molar-refractivity contribution in [2.24, 2.45) is 5.92 Å². The van der Waals surface area contributed by atoms with Gasteiger partial charge in [0.2, 0.25) is 5.91 Å². The van der Waals surface area contributed by atoms with Crippen LogP contribution in [-0.2, 0) is 11.2 Å². The second-order valence-corrected chi connectivity index (χ2v) is 7.57. The first-order chi connectivity index (χ1) is 13.6. The number of hydrogen-bond acceptors (Lipinski definition) is 3. The summed E-state index contributed by atoms with van der Waals surface area (Å²) in [5.74, 6) is 0.390. The molecule has 0 radical (unpaired) electrons. The van der Waals surface area contributed by atoms with Crippen molar-refractivity contribution in [1.29, 1.82) is 0 Å². The van der Waals surface area contributed by atoms with Gasteiger partial charge >= 0.3 is 0 Å². The number of likely N-dealkylation sites (tertiary alicyclic amines) is 1. The molecule has 0 bridgehead atoms. The lowest BCUT2D eigenvalue weighted by Gasteiger charge is -2.30. The fraction of sp³-hybridized carbons (Fsp3) is 0.391. The van der Waals surface area contributed by atoms with E-state index in [1.165, 1.54) is 12.0 Å². The molecular formula is C23H29N3O2. The second-order valence-electron chi connectivity index (χ2n) is 7.57. The lowest BCUT2D eigenvalue weighted by Crippen LogP contribution is -2.40. The lowest BCUT2D eigenvalue weighted by atomic mass is 10.0. The molecule has 1 atom stereocenters. The molecule has 5 nitrogen and oxygen atoms in total. The Labute approximate surface area is 167 Å². The molecule has 1 heterocycles. The summed E-state index contributed by atoms with van der Waals surface area (Å²) in [7, 11) is 0. The van der Waals surface area contributed by atoms with Crippen molar-refractivity contribution >= 4 is 17.5 Å². The highest BCUT2D eigenvalue weighted by Crippen LogP contribution is 2.17. The van der Waals surface area contributed by atoms with E-state index in [-0.39, 0.29) is 11.8 Å². The molecule has 0 spiro atoms. The summed E-state index contributed by atoms with van der Waals surface area (Å²) in [6.45, 7) is 5.05. The zero-order valence-corrected chi connectivity index (χ0v) is 16.5. The van der Waals surface area contributed by atoms with Crippen molar-refractivity contribution in [3.63, 3.8) is 0 Å². The average Bonchev–Trinajstić information content (AvgIpc) is 2.69. The van der Waals surface area contributed by atoms with Crippen molar-refractivity contribution in [3.05, 3.63) is 65.7 Å². The van der Waals surface area contributed by atoms with Crippen molar-refractivity contribution < 1.29 is 9.59 Å². The van der Waals surface area contributed by atoms with Gasteiger partial charge in [0.25, 0.3) is 5.91 Å². The van der Waals surface area contributed by atoms with E-state index in [0.29, 0.717) is 30.3 Å². The Balaban J connectivity index is 1.54. The molecule has 0 aromatic heterocycles. The highest BCUT2D eigenvalue weighted by molar-refractivity contribution is 6.04. The molecule has 28 heavy (non-hydrogen) atoms. The van der Waals surface area contributed by atoms with Gasteiger partial charge in [-0.05, 0) is 49.4 Å². The smallest absolute Gasteiger partial charge is 0.253 e. The molecule has 1 fully saturated rings. The molecule has 1 aliphatic rings. The summed E-state index contributed by atoms with van der Waals surface area (Å²) >= 11 is 0. The van der Waals surface area contributed by atoms with Gasteiger partial charge in [-0.15, -0.1) is 0 Å². The molecule has 2 N–H and O–H groups in total. The maximum atomic E-state index is 12.6. The lowest BCUT2D eigenvalue weighted by molar-refractivity contribution is -0.117. The van der Waals surface area contributed by atoms with Crippen LogP contribution >= 0.6 is 0 Å². The highest BCUT2D eigenvalue weighted by Gasteiger charge is 2.19. The third-order valence-electron chi connectivity index (χ3n) is 5.10. The zero-order chi connectivity index (χ0) is 19.8. The number of piperidine rings is 1. The summed E-state index contributed by atoms with van der Waals surface area (Å²) in [4.78, 5) is 27.3. The van der Waals surface area contributed by atoms with Gasteiger partial charge in [-0.2, -0.15) is 0 Å². The predicted octanol–water partition coefficient (Wildman–Crippen LogP) is 3.33. The van der Waals surface area contributed by atoms with Crippen LogP contribution in [0, 0.1) is 5.92 Å². The van der Waals surface area contributed by atoms with Crippen LogP contribution in [-0.4, -0.2) is 42.9 Å². The van der Waals surface area contributed by atoms with Crippen LogP contribution in [0.5, 0.6) is 0 Å². The van der Waals surface area contributed by atoms with Crippen LogP contribution in [0.1, 0.15) is 35.7 Å². The van der Waals surface area contributed by atoms with Crippen LogP contribution in [0.25, 0.3) is 0 Å². The molecule has 3 rings (SSSR count). The number of carbonyl (C=O) groups excluding carboxylic acids is 2. The highest BCUT2D eigenvalue weighted by atomic mass is 16.2. The van der Waals surface area contributed by atoms with Crippen LogP contribution < -0.4 is 10.6 Å². The van der Waals surface area contributed by atoms with Gasteiger partial charge < -0.3 is 10.6 Å². The first kappa shape index (κ1) is 20.1. The Morgan fingerprint density at radius 1 is 1.07 bits per heavy atom. The van der Waals surface area contributed by atoms with Gasteiger partial charge in [0, 0.05) is 13.1 Å². The van der Waals surface area contributed by atoms with E-state index in [1.54, 1.807) is 12.1 Å². The Hall–Kier alpha value is -2.66. The van der Waals surface area contributed by atoms with Crippen molar-refractivity contribution in [2.45, 2.75) is 26.2 Å². The Morgan fingerprint density at radius 3 is 2.61 bits per heavy atom. The molecule has 2 amide bonds. The van der Waals surface area contributed by atoms with Gasteiger partial charge in [-0.25, -0.2) is 0 Å². The van der Waals surface area contributed by atoms with Gasteiger partial charge in [-0.3, -0.25) is 14.5 Å². The zero-order valence-electron chi connectivity index (χ0n) is 16.5. The van der Waals surface area contributed by atoms with Crippen LogP contribution in [0.15, 0.2) is 54.6 Å². The quantitative estimate of drug-likeness (QED) is 0.776. The number of para-hydroxylation sites is 1. The molecule has 1 aliphatic heterocycles. The fourth-order valence-corrected chi connectivity index (χ4v) is 3.67. The molecule has 2 aromatic carbocycles. The van der Waals surface area contributed by atoms with Gasteiger partial charge in [0.1, 0.15) is 0 Å². The Bertz CT molecular complexity index is 791. The molecular weight excluding hydrogens is 350 g/mol. The molecule has 148 valence electrons. The minimum Gasteiger partial charge on any atom is -0.352 e. The van der Waals surface area contributed by atoms with E-state index in [9.17, 15) is 9.59 Å². The van der Waals surface area contributed by atoms with E-state index < -0.39 is 0 Å². The largest absolute Gasteiger partial charge is 0.352 e. The van der Waals surface area contributed by atoms with Gasteiger partial charge in [0.15, 0.2) is 0 Å². The maximum absolute atomic E-state index is 12.6. The van der Waals surface area contributed by atoms with Gasteiger partial charge in [-0.1, -0.05) is 49.4 Å². The predicted molar refractivity (Wildman–Crippen MR) is 112 cm³/mol. The summed E-state index contributed by atoms with van der Waals surface area (Å²) in [6.07, 6.45) is 3.13. The van der Waals surface area contributed by atoms with Crippen molar-refractivity contribution in [1.82, 2.24) is 10.2 Å². The minimum absolute atomic E-state index is 0.0707. The number of benzene rings is 2. The molecule has 0 aliphatic carbocycles. The number of hydrogen-bond donors (Lipinski definition) is 2. The van der Waals surface area contributed by atoms with Gasteiger partial charge in [0.05, 0.1) is 17.8 Å². The number of nitrogens with one attached hydrogen (secondary N) is 2. The Morgan fingerprint density at radius 2 is 1.82 bits per heavy atom. The van der Waals surface area contributed by atoms with Crippen LogP contribution in [0.2, 0.25) is 0 Å². The minimum atomic E-state index is -0.168. The first-order valence-electron chi connectivity index (χ1n) is 10.0. The SMILES string of the molecule is C[C@H]1CCCN(CC(=O)Nc2ccccc2C(=O)NCCc2ccccc2)C1. The molecule has 2 aromatic rings. The van der Waals surface area contributed by atoms with Crippen molar-refractivity contribution in [3.8, 4) is 0 Å². The normalized spacial score (nSPS) is 17.1. The van der Waals surface area contributed by atoms with E-state index in [0.717, 1.165) is 25.9 Å². The summed E-state index contributed by atoms with van der Waals surface area (Å²) in [5.41, 5.74) is 2.24. The number of carbonyl (C=O) groups is 2. The van der Waals surface area contributed by atoms with E-state index in [1.807, 2.05) is 42.5 Å². The average molecular weight is 380 g/mol. The van der Waals surface area contributed by atoms with E-state index in [2.05, 4.69) is 22.5 Å². The topological polar surface area (TPSA) is 61.4 Å². The Kier molecular flexibility index (Phi) is 7.20. The maximum Gasteiger partial charge on any atom is 0.253 e. The molecule has 0 unspecified atom stereocenters. The summed E-state index contributed by atoms with van der Waals surface area (Å²) < 4.78 is 0. The molecule has 1 saturated heterocycles. The molecule has 5 heteroatoms. The number of amides is 2. The third kappa shape index (κ3) is 5.92. The van der Waals surface area contributed by atoms with E-state index >= 15 is 0 Å². The number of rotatable bonds is 7. The number of nitrogens with zero attached hydrogens (tertiary/aromatic N) is 1. The summed E-state index contributed by atoms with van der Waals surface area (Å²) in [5, 5.41) is 5.87. The third-order valence-corrected chi connectivity index (χ3v) is 5.10. The monoisotopic (exact) mass is 379 g/mol. The standard InChI is InChI=1S/C23H29N3O2/c1-18-8-7-15-26(16-18)17-22(27)25-21-12-6-5-11-20(21)23(28)24-14-13-19-9-3-2-4-10-19/h2-6,9-12,18H,7-8,13-17H2,1H3,(H,24,28)(H,25,27)/t18-/m0/s1. The summed E-state index contributed by atoms with van der Waals surface area (Å²) in [6, 6.07) is 17.2. The van der Waals surface area contributed by atoms with E-state index in [4.69, 9.17) is 0 Å².